The van der Waals surface area contributed by atoms with E-state index < -0.39 is 12.8 Å². The molecule has 0 aliphatic carbocycles. The smallest absolute Gasteiger partial charge is 0.422 e. The Labute approximate surface area is 79.5 Å². The predicted octanol–water partition coefficient (Wildman–Crippen LogP) is 2.52. The van der Waals surface area contributed by atoms with E-state index in [1.54, 1.807) is 13.0 Å². The first kappa shape index (κ1) is 10.7. The fraction of sp³-hybridized carbons (Fsp3) is 0.333. The van der Waals surface area contributed by atoms with Crippen molar-refractivity contribution in [2.75, 3.05) is 12.3 Å². The van der Waals surface area contributed by atoms with E-state index in [0.29, 0.717) is 5.69 Å². The van der Waals surface area contributed by atoms with Gasteiger partial charge in [0, 0.05) is 11.8 Å². The second-order valence-corrected chi connectivity index (χ2v) is 2.98. The van der Waals surface area contributed by atoms with Gasteiger partial charge in [-0.05, 0) is 24.6 Å². The number of halogens is 3. The number of nitrogens with two attached hydrogens (primary N) is 1. The van der Waals surface area contributed by atoms with E-state index in [2.05, 4.69) is 4.74 Å². The third-order valence-corrected chi connectivity index (χ3v) is 1.48. The molecule has 2 N–H and O–H groups in total. The molecule has 0 spiro atoms. The molecule has 0 atom stereocenters. The van der Waals surface area contributed by atoms with E-state index in [4.69, 9.17) is 5.73 Å². The first-order chi connectivity index (χ1) is 6.37. The van der Waals surface area contributed by atoms with Crippen LogP contribution in [-0.2, 0) is 0 Å². The van der Waals surface area contributed by atoms with Crippen molar-refractivity contribution in [2.24, 2.45) is 0 Å². The maximum Gasteiger partial charge on any atom is 0.422 e. The van der Waals surface area contributed by atoms with Crippen LogP contribution in [0.25, 0.3) is 0 Å². The number of anilines is 1. The minimum Gasteiger partial charge on any atom is -0.484 e. The van der Waals surface area contributed by atoms with Crippen LogP contribution in [-0.4, -0.2) is 12.8 Å². The number of hydrogen-bond acceptors (Lipinski definition) is 2. The van der Waals surface area contributed by atoms with Gasteiger partial charge in [-0.15, -0.1) is 0 Å². The molecule has 0 saturated heterocycles. The SMILES string of the molecule is Cc1cc(N)cc(OCC(F)(F)F)c1. The number of hydrogen-bond donors (Lipinski definition) is 1. The van der Waals surface area contributed by atoms with E-state index in [-0.39, 0.29) is 5.75 Å². The minimum atomic E-state index is -4.32. The normalized spacial score (nSPS) is 11.4. The van der Waals surface area contributed by atoms with Crippen LogP contribution in [0.3, 0.4) is 0 Å². The fourth-order valence-corrected chi connectivity index (χ4v) is 1.03. The Hall–Kier alpha value is -1.39. The summed E-state index contributed by atoms with van der Waals surface area (Å²) in [7, 11) is 0. The summed E-state index contributed by atoms with van der Waals surface area (Å²) < 4.78 is 39.9. The molecule has 1 aromatic rings. The summed E-state index contributed by atoms with van der Waals surface area (Å²) in [5, 5.41) is 0. The molecule has 0 radical (unpaired) electrons. The Morgan fingerprint density at radius 3 is 2.43 bits per heavy atom. The van der Waals surface area contributed by atoms with Crippen molar-refractivity contribution in [3.05, 3.63) is 23.8 Å². The molecule has 0 fully saturated rings. The second-order valence-electron chi connectivity index (χ2n) is 2.98. The summed E-state index contributed by atoms with van der Waals surface area (Å²) >= 11 is 0. The highest BCUT2D eigenvalue weighted by Crippen LogP contribution is 2.21. The first-order valence-corrected chi connectivity index (χ1v) is 3.93. The summed E-state index contributed by atoms with van der Waals surface area (Å²) in [6, 6.07) is 4.52. The third-order valence-electron chi connectivity index (χ3n) is 1.48. The van der Waals surface area contributed by atoms with Crippen molar-refractivity contribution < 1.29 is 17.9 Å². The Balaban J connectivity index is 2.68. The maximum absolute atomic E-state index is 11.8. The van der Waals surface area contributed by atoms with Crippen molar-refractivity contribution >= 4 is 5.69 Å². The average molecular weight is 205 g/mol. The van der Waals surface area contributed by atoms with Gasteiger partial charge in [0.05, 0.1) is 0 Å². The molecular formula is C9H10F3NO. The summed E-state index contributed by atoms with van der Waals surface area (Å²) in [6.45, 7) is 0.437. The predicted molar refractivity (Wildman–Crippen MR) is 47.1 cm³/mol. The van der Waals surface area contributed by atoms with Gasteiger partial charge in [-0.25, -0.2) is 0 Å². The van der Waals surface area contributed by atoms with E-state index >= 15 is 0 Å². The zero-order chi connectivity index (χ0) is 10.8. The number of alkyl halides is 3. The topological polar surface area (TPSA) is 35.2 Å². The van der Waals surface area contributed by atoms with Crippen LogP contribution in [0.5, 0.6) is 5.75 Å². The van der Waals surface area contributed by atoms with Gasteiger partial charge in [0.2, 0.25) is 0 Å². The molecule has 0 aliphatic heterocycles. The fourth-order valence-electron chi connectivity index (χ4n) is 1.03. The van der Waals surface area contributed by atoms with E-state index in [1.807, 2.05) is 0 Å². The third kappa shape index (κ3) is 3.55. The molecule has 5 heteroatoms. The summed E-state index contributed by atoms with van der Waals surface area (Å²) in [5.74, 6) is 0.139. The zero-order valence-electron chi connectivity index (χ0n) is 7.56. The zero-order valence-corrected chi connectivity index (χ0v) is 7.56. The highest BCUT2D eigenvalue weighted by molar-refractivity contribution is 5.47. The molecule has 0 saturated carbocycles. The van der Waals surface area contributed by atoms with Crippen LogP contribution >= 0.6 is 0 Å². The van der Waals surface area contributed by atoms with Crippen LogP contribution in [0.4, 0.5) is 18.9 Å². The molecule has 0 aliphatic rings. The van der Waals surface area contributed by atoms with Gasteiger partial charge >= 0.3 is 6.18 Å². The van der Waals surface area contributed by atoms with Crippen molar-refractivity contribution in [3.8, 4) is 5.75 Å². The van der Waals surface area contributed by atoms with Crippen molar-refractivity contribution in [1.82, 2.24) is 0 Å². The van der Waals surface area contributed by atoms with Crippen LogP contribution in [0.15, 0.2) is 18.2 Å². The van der Waals surface area contributed by atoms with Crippen LogP contribution in [0, 0.1) is 6.92 Å². The molecule has 0 bridgehead atoms. The molecular weight excluding hydrogens is 195 g/mol. The number of ether oxygens (including phenoxy) is 1. The quantitative estimate of drug-likeness (QED) is 0.753. The average Bonchev–Trinajstić information content (AvgIpc) is 1.97. The Bertz CT molecular complexity index is 302. The molecule has 0 amide bonds. The monoisotopic (exact) mass is 205 g/mol. The molecule has 1 rings (SSSR count). The molecule has 14 heavy (non-hydrogen) atoms. The lowest BCUT2D eigenvalue weighted by Gasteiger charge is -2.10. The lowest BCUT2D eigenvalue weighted by Crippen LogP contribution is -2.19. The molecule has 2 nitrogen and oxygen atoms in total. The number of benzene rings is 1. The summed E-state index contributed by atoms with van der Waals surface area (Å²) in [6.07, 6.45) is -4.32. The largest absolute Gasteiger partial charge is 0.484 e. The van der Waals surface area contributed by atoms with Crippen molar-refractivity contribution in [3.63, 3.8) is 0 Å². The van der Waals surface area contributed by atoms with Crippen LogP contribution in [0.2, 0.25) is 0 Å². The number of rotatable bonds is 2. The van der Waals surface area contributed by atoms with Crippen molar-refractivity contribution in [2.45, 2.75) is 13.1 Å². The van der Waals surface area contributed by atoms with Gasteiger partial charge in [0.1, 0.15) is 5.75 Å². The Morgan fingerprint density at radius 2 is 1.93 bits per heavy atom. The molecule has 0 aromatic heterocycles. The molecule has 78 valence electrons. The standard InChI is InChI=1S/C9H10F3NO/c1-6-2-7(13)4-8(3-6)14-5-9(10,11)12/h2-4H,5,13H2,1H3. The highest BCUT2D eigenvalue weighted by atomic mass is 19.4. The van der Waals surface area contributed by atoms with E-state index in [9.17, 15) is 13.2 Å². The Kier molecular flexibility index (Phi) is 2.88. The highest BCUT2D eigenvalue weighted by Gasteiger charge is 2.28. The van der Waals surface area contributed by atoms with E-state index in [0.717, 1.165) is 5.56 Å². The summed E-state index contributed by atoms with van der Waals surface area (Å²) in [4.78, 5) is 0. The van der Waals surface area contributed by atoms with Crippen LogP contribution in [0.1, 0.15) is 5.56 Å². The molecule has 0 heterocycles. The lowest BCUT2D eigenvalue weighted by molar-refractivity contribution is -0.153. The number of aryl methyl sites for hydroxylation is 1. The van der Waals surface area contributed by atoms with Gasteiger partial charge in [-0.1, -0.05) is 0 Å². The minimum absolute atomic E-state index is 0.139. The lowest BCUT2D eigenvalue weighted by atomic mass is 10.2. The summed E-state index contributed by atoms with van der Waals surface area (Å²) in [5.41, 5.74) is 6.59. The molecule has 0 unspecified atom stereocenters. The van der Waals surface area contributed by atoms with Crippen molar-refractivity contribution in [1.29, 1.82) is 0 Å². The Morgan fingerprint density at radius 1 is 1.29 bits per heavy atom. The van der Waals surface area contributed by atoms with Gasteiger partial charge in [0.15, 0.2) is 6.61 Å². The van der Waals surface area contributed by atoms with Gasteiger partial charge in [-0.2, -0.15) is 13.2 Å². The second kappa shape index (κ2) is 3.77. The van der Waals surface area contributed by atoms with Gasteiger partial charge in [-0.3, -0.25) is 0 Å². The van der Waals surface area contributed by atoms with E-state index in [1.165, 1.54) is 12.1 Å². The number of nitrogen functional groups attached to an aromatic ring is 1. The van der Waals surface area contributed by atoms with Gasteiger partial charge in [0.25, 0.3) is 0 Å². The van der Waals surface area contributed by atoms with Gasteiger partial charge < -0.3 is 10.5 Å². The maximum atomic E-state index is 11.8. The van der Waals surface area contributed by atoms with Crippen LogP contribution < -0.4 is 10.5 Å². The molecule has 1 aromatic carbocycles. The first-order valence-electron chi connectivity index (χ1n) is 3.93.